The molecule has 0 spiro atoms. The van der Waals surface area contributed by atoms with Crippen molar-refractivity contribution in [3.8, 4) is 11.4 Å². The number of hydrogen-bond donors (Lipinski definition) is 1. The Balaban J connectivity index is 1.83. The van der Waals surface area contributed by atoms with Gasteiger partial charge in [0.15, 0.2) is 0 Å². The van der Waals surface area contributed by atoms with Gasteiger partial charge in [-0.3, -0.25) is 4.90 Å². The van der Waals surface area contributed by atoms with Crippen LogP contribution in [0.25, 0.3) is 17.0 Å². The fourth-order valence-corrected chi connectivity index (χ4v) is 3.82. The van der Waals surface area contributed by atoms with E-state index >= 15 is 0 Å². The molecule has 6 nitrogen and oxygen atoms in total. The average molecular weight is 423 g/mol. The lowest BCUT2D eigenvalue weighted by atomic mass is 9.94. The van der Waals surface area contributed by atoms with Crippen molar-refractivity contribution in [2.24, 2.45) is 5.92 Å². The summed E-state index contributed by atoms with van der Waals surface area (Å²) in [5, 5.41) is 7.85. The average Bonchev–Trinajstić information content (AvgIpc) is 3.21. The second-order valence-electron chi connectivity index (χ2n) is 7.73. The Morgan fingerprint density at radius 1 is 1.17 bits per heavy atom. The molecule has 2 amide bonds. The number of carbonyl (C=O) groups excluding carboxylic acids is 1. The van der Waals surface area contributed by atoms with Crippen molar-refractivity contribution >= 4 is 23.2 Å². The Labute approximate surface area is 180 Å². The number of allylic oxidation sites excluding steroid dienone is 1. The molecule has 1 aliphatic heterocycles. The van der Waals surface area contributed by atoms with E-state index in [1.54, 1.807) is 11.0 Å². The van der Waals surface area contributed by atoms with Crippen molar-refractivity contribution < 1.29 is 9.32 Å². The highest BCUT2D eigenvalue weighted by Crippen LogP contribution is 2.38. The molecule has 2 heterocycles. The zero-order valence-corrected chi connectivity index (χ0v) is 17.8. The summed E-state index contributed by atoms with van der Waals surface area (Å²) in [5.74, 6) is 1.19. The Morgan fingerprint density at radius 2 is 1.93 bits per heavy atom. The summed E-state index contributed by atoms with van der Waals surface area (Å²) in [6.07, 6.45) is 0. The highest BCUT2D eigenvalue weighted by molar-refractivity contribution is 6.30. The Bertz CT molecular complexity index is 1090. The maximum atomic E-state index is 12.9. The van der Waals surface area contributed by atoms with Gasteiger partial charge in [0.25, 0.3) is 5.89 Å². The van der Waals surface area contributed by atoms with Crippen molar-refractivity contribution in [2.45, 2.75) is 26.8 Å². The maximum Gasteiger partial charge on any atom is 0.322 e. The van der Waals surface area contributed by atoms with Gasteiger partial charge in [-0.25, -0.2) is 4.79 Å². The van der Waals surface area contributed by atoms with Gasteiger partial charge >= 0.3 is 6.03 Å². The number of halogens is 1. The van der Waals surface area contributed by atoms with Gasteiger partial charge < -0.3 is 9.84 Å². The summed E-state index contributed by atoms with van der Waals surface area (Å²) in [5.41, 5.74) is 3.28. The monoisotopic (exact) mass is 422 g/mol. The summed E-state index contributed by atoms with van der Waals surface area (Å²) < 4.78 is 5.67. The lowest BCUT2D eigenvalue weighted by molar-refractivity contribution is 0.199. The molecular formula is C23H23ClN4O2. The van der Waals surface area contributed by atoms with E-state index in [9.17, 15) is 4.79 Å². The largest absolute Gasteiger partial charge is 0.334 e. The van der Waals surface area contributed by atoms with Crippen molar-refractivity contribution in [1.82, 2.24) is 20.4 Å². The predicted molar refractivity (Wildman–Crippen MR) is 117 cm³/mol. The number of benzene rings is 2. The summed E-state index contributed by atoms with van der Waals surface area (Å²) in [6, 6.07) is 16.5. The third kappa shape index (κ3) is 3.96. The minimum absolute atomic E-state index is 0.155. The number of carbonyl (C=O) groups is 1. The van der Waals surface area contributed by atoms with Crippen LogP contribution in [0, 0.1) is 5.92 Å². The molecule has 1 unspecified atom stereocenters. The molecule has 1 N–H and O–H groups in total. The molecular weight excluding hydrogens is 400 g/mol. The fourth-order valence-electron chi connectivity index (χ4n) is 3.62. The number of nitrogens with one attached hydrogen (secondary N) is 1. The van der Waals surface area contributed by atoms with Crippen LogP contribution in [0.5, 0.6) is 0 Å². The smallest absolute Gasteiger partial charge is 0.322 e. The molecule has 3 aromatic rings. The number of amides is 2. The van der Waals surface area contributed by atoms with E-state index in [0.717, 1.165) is 22.4 Å². The van der Waals surface area contributed by atoms with E-state index in [1.165, 1.54) is 0 Å². The molecule has 1 aromatic heterocycles. The molecule has 0 saturated carbocycles. The van der Waals surface area contributed by atoms with Crippen LogP contribution in [0.4, 0.5) is 4.79 Å². The SMILES string of the molecule is CC1=C(c2nc(-c3ccccc3)no2)C(c2cccc(Cl)c2)NC(=O)N1CC(C)C. The van der Waals surface area contributed by atoms with Gasteiger partial charge in [-0.1, -0.05) is 73.1 Å². The molecule has 0 bridgehead atoms. The molecule has 0 aliphatic carbocycles. The van der Waals surface area contributed by atoms with Gasteiger partial charge in [-0.15, -0.1) is 0 Å². The summed E-state index contributed by atoms with van der Waals surface area (Å²) >= 11 is 6.22. The van der Waals surface area contributed by atoms with Crippen LogP contribution in [0.3, 0.4) is 0 Å². The first-order valence-electron chi connectivity index (χ1n) is 9.88. The normalized spacial score (nSPS) is 16.9. The van der Waals surface area contributed by atoms with Crippen LogP contribution in [-0.2, 0) is 0 Å². The predicted octanol–water partition coefficient (Wildman–Crippen LogP) is 5.54. The van der Waals surface area contributed by atoms with E-state index in [2.05, 4.69) is 29.3 Å². The van der Waals surface area contributed by atoms with E-state index in [0.29, 0.717) is 29.2 Å². The first-order valence-corrected chi connectivity index (χ1v) is 10.3. The van der Waals surface area contributed by atoms with E-state index in [4.69, 9.17) is 16.1 Å². The summed E-state index contributed by atoms with van der Waals surface area (Å²) in [4.78, 5) is 19.3. The van der Waals surface area contributed by atoms with Gasteiger partial charge in [0, 0.05) is 22.8 Å². The van der Waals surface area contributed by atoms with Gasteiger partial charge in [-0.05, 0) is 30.5 Å². The minimum Gasteiger partial charge on any atom is -0.334 e. The van der Waals surface area contributed by atoms with Gasteiger partial charge in [-0.2, -0.15) is 4.98 Å². The molecule has 30 heavy (non-hydrogen) atoms. The van der Waals surface area contributed by atoms with Crippen molar-refractivity contribution in [1.29, 1.82) is 0 Å². The van der Waals surface area contributed by atoms with Crippen molar-refractivity contribution in [2.75, 3.05) is 6.54 Å². The van der Waals surface area contributed by atoms with Gasteiger partial charge in [0.1, 0.15) is 0 Å². The number of aromatic nitrogens is 2. The number of rotatable bonds is 5. The molecule has 2 aromatic carbocycles. The first kappa shape index (κ1) is 20.2. The summed E-state index contributed by atoms with van der Waals surface area (Å²) in [6.45, 7) is 6.65. The standard InChI is InChI=1S/C23H23ClN4O2/c1-14(2)13-28-15(3)19(20(25-23(28)29)17-10-7-11-18(24)12-17)22-26-21(27-30-22)16-8-5-4-6-9-16/h4-12,14,20H,13H2,1-3H3,(H,25,29). The fraction of sp³-hybridized carbons (Fsp3) is 0.261. The van der Waals surface area contributed by atoms with Gasteiger partial charge in [0.2, 0.25) is 5.82 Å². The number of urea groups is 1. The lowest BCUT2D eigenvalue weighted by Crippen LogP contribution is -2.47. The van der Waals surface area contributed by atoms with Crippen molar-refractivity contribution in [3.63, 3.8) is 0 Å². The van der Waals surface area contributed by atoms with E-state index in [1.807, 2.05) is 55.5 Å². The first-order chi connectivity index (χ1) is 14.4. The molecule has 1 atom stereocenters. The molecule has 0 saturated heterocycles. The molecule has 1 aliphatic rings. The second-order valence-corrected chi connectivity index (χ2v) is 8.17. The number of nitrogens with zero attached hydrogens (tertiary/aromatic N) is 3. The Hall–Kier alpha value is -3.12. The quantitative estimate of drug-likeness (QED) is 0.585. The number of hydrogen-bond acceptors (Lipinski definition) is 4. The van der Waals surface area contributed by atoms with Crippen LogP contribution >= 0.6 is 11.6 Å². The maximum absolute atomic E-state index is 12.9. The highest BCUT2D eigenvalue weighted by atomic mass is 35.5. The minimum atomic E-state index is -0.441. The van der Waals surface area contributed by atoms with Crippen molar-refractivity contribution in [3.05, 3.63) is 76.8 Å². The molecule has 7 heteroatoms. The third-order valence-corrected chi connectivity index (χ3v) is 5.25. The second kappa shape index (κ2) is 8.32. The van der Waals surface area contributed by atoms with Gasteiger partial charge in [0.05, 0.1) is 11.6 Å². The lowest BCUT2D eigenvalue weighted by Gasteiger charge is -2.36. The molecule has 154 valence electrons. The Morgan fingerprint density at radius 3 is 2.63 bits per heavy atom. The third-order valence-electron chi connectivity index (χ3n) is 5.01. The van der Waals surface area contributed by atoms with Crippen LogP contribution in [0.2, 0.25) is 5.02 Å². The van der Waals surface area contributed by atoms with E-state index in [-0.39, 0.29) is 6.03 Å². The molecule has 0 fully saturated rings. The summed E-state index contributed by atoms with van der Waals surface area (Å²) in [7, 11) is 0. The molecule has 4 rings (SSSR count). The zero-order valence-electron chi connectivity index (χ0n) is 17.1. The Kier molecular flexibility index (Phi) is 5.59. The van der Waals surface area contributed by atoms with Crippen LogP contribution < -0.4 is 5.32 Å². The molecule has 0 radical (unpaired) electrons. The van der Waals surface area contributed by atoms with Crippen LogP contribution in [0.15, 0.2) is 64.8 Å². The highest BCUT2D eigenvalue weighted by Gasteiger charge is 2.36. The van der Waals surface area contributed by atoms with Crippen LogP contribution in [0.1, 0.15) is 38.3 Å². The topological polar surface area (TPSA) is 71.3 Å². The zero-order chi connectivity index (χ0) is 21.3. The van der Waals surface area contributed by atoms with E-state index < -0.39 is 6.04 Å². The van der Waals surface area contributed by atoms with Crippen LogP contribution in [-0.4, -0.2) is 27.6 Å².